The molecule has 0 spiro atoms. The van der Waals surface area contributed by atoms with Crippen LogP contribution in [0.5, 0.6) is 0 Å². The van der Waals surface area contributed by atoms with Gasteiger partial charge >= 0.3 is 5.97 Å². The lowest BCUT2D eigenvalue weighted by Crippen LogP contribution is -2.40. The van der Waals surface area contributed by atoms with Crippen molar-refractivity contribution in [3.63, 3.8) is 0 Å². The van der Waals surface area contributed by atoms with Crippen LogP contribution in [0.1, 0.15) is 6.42 Å². The van der Waals surface area contributed by atoms with E-state index in [4.69, 9.17) is 10.9 Å². The Morgan fingerprint density at radius 1 is 1.67 bits per heavy atom. The van der Waals surface area contributed by atoms with Crippen molar-refractivity contribution in [1.29, 1.82) is 0 Å². The Balaban J connectivity index is 4.23. The number of hydroxylamine groups is 2. The van der Waals surface area contributed by atoms with Gasteiger partial charge in [0, 0.05) is 7.05 Å². The van der Waals surface area contributed by atoms with E-state index in [0.29, 0.717) is 5.06 Å². The van der Waals surface area contributed by atoms with Crippen LogP contribution in [0.4, 0.5) is 0 Å². The lowest BCUT2D eigenvalue weighted by Gasteiger charge is -2.17. The Kier molecular flexibility index (Phi) is 4.24. The fourth-order valence-corrected chi connectivity index (χ4v) is 0.695. The van der Waals surface area contributed by atoms with Gasteiger partial charge in [0.25, 0.3) is 0 Å². The fraction of sp³-hybridized carbons (Fsp3) is 0.667. The van der Waals surface area contributed by atoms with Crippen molar-refractivity contribution >= 4 is 11.9 Å². The highest BCUT2D eigenvalue weighted by Crippen LogP contribution is 2.00. The van der Waals surface area contributed by atoms with Gasteiger partial charge in [0.1, 0.15) is 6.04 Å². The van der Waals surface area contributed by atoms with Crippen LogP contribution in [0, 0.1) is 0 Å². The van der Waals surface area contributed by atoms with E-state index in [1.54, 1.807) is 0 Å². The zero-order valence-corrected chi connectivity index (χ0v) is 6.98. The monoisotopic (exact) mass is 176 g/mol. The van der Waals surface area contributed by atoms with E-state index in [1.807, 2.05) is 0 Å². The van der Waals surface area contributed by atoms with Gasteiger partial charge in [-0.15, -0.1) is 0 Å². The topological polar surface area (TPSA) is 92.9 Å². The maximum Gasteiger partial charge on any atom is 0.326 e. The third kappa shape index (κ3) is 3.31. The molecule has 0 radical (unpaired) electrons. The highest BCUT2D eigenvalue weighted by Gasteiger charge is 2.24. The number of esters is 1. The standard InChI is InChI=1S/C6H12N2O4/c1-8(11)4(3-5(7)9)6(10)12-2/h4,11H,3H2,1-2H3,(H2,7,9)/t4-/m0/s1. The molecule has 0 unspecified atom stereocenters. The number of nitrogens with two attached hydrogens (primary N) is 1. The van der Waals surface area contributed by atoms with E-state index < -0.39 is 17.9 Å². The summed E-state index contributed by atoms with van der Waals surface area (Å²) in [5.41, 5.74) is 4.84. The van der Waals surface area contributed by atoms with Gasteiger partial charge in [0.2, 0.25) is 5.91 Å². The van der Waals surface area contributed by atoms with Crippen molar-refractivity contribution in [1.82, 2.24) is 5.06 Å². The molecular weight excluding hydrogens is 164 g/mol. The van der Waals surface area contributed by atoms with Crippen LogP contribution in [0.3, 0.4) is 0 Å². The van der Waals surface area contributed by atoms with Crippen molar-refractivity contribution in [3.8, 4) is 0 Å². The molecule has 0 saturated heterocycles. The van der Waals surface area contributed by atoms with Gasteiger partial charge < -0.3 is 15.7 Å². The summed E-state index contributed by atoms with van der Waals surface area (Å²) in [4.78, 5) is 21.3. The molecule has 0 aliphatic heterocycles. The Morgan fingerprint density at radius 2 is 2.17 bits per heavy atom. The molecule has 0 heterocycles. The van der Waals surface area contributed by atoms with Crippen molar-refractivity contribution in [2.45, 2.75) is 12.5 Å². The molecule has 0 fully saturated rings. The second-order valence-electron chi connectivity index (χ2n) is 2.28. The summed E-state index contributed by atoms with van der Waals surface area (Å²) in [7, 11) is 2.41. The molecule has 0 aromatic heterocycles. The Morgan fingerprint density at radius 3 is 2.42 bits per heavy atom. The van der Waals surface area contributed by atoms with Crippen molar-refractivity contribution < 1.29 is 19.5 Å². The number of hydrogen-bond acceptors (Lipinski definition) is 5. The average Bonchev–Trinajstić information content (AvgIpc) is 1.98. The number of primary amides is 1. The van der Waals surface area contributed by atoms with Crippen LogP contribution in [0.2, 0.25) is 0 Å². The van der Waals surface area contributed by atoms with Crippen LogP contribution in [0.15, 0.2) is 0 Å². The zero-order valence-electron chi connectivity index (χ0n) is 6.98. The number of nitrogens with zero attached hydrogens (tertiary/aromatic N) is 1. The van der Waals surface area contributed by atoms with Crippen LogP contribution in [-0.4, -0.2) is 42.3 Å². The molecule has 6 heteroatoms. The molecular formula is C6H12N2O4. The van der Waals surface area contributed by atoms with Crippen LogP contribution in [-0.2, 0) is 14.3 Å². The Hall–Kier alpha value is -1.14. The smallest absolute Gasteiger partial charge is 0.326 e. The second-order valence-corrected chi connectivity index (χ2v) is 2.28. The molecule has 70 valence electrons. The van der Waals surface area contributed by atoms with Crippen LogP contribution >= 0.6 is 0 Å². The molecule has 0 rings (SSSR count). The lowest BCUT2D eigenvalue weighted by molar-refractivity contribution is -0.168. The first kappa shape index (κ1) is 10.9. The van der Waals surface area contributed by atoms with E-state index >= 15 is 0 Å². The summed E-state index contributed by atoms with van der Waals surface area (Å²) in [6.45, 7) is 0. The van der Waals surface area contributed by atoms with Gasteiger partial charge in [-0.1, -0.05) is 0 Å². The molecule has 0 bridgehead atoms. The van der Waals surface area contributed by atoms with Crippen molar-refractivity contribution in [2.75, 3.05) is 14.2 Å². The number of likely N-dealkylation sites (N-methyl/N-ethyl adjacent to an activating group) is 1. The van der Waals surface area contributed by atoms with Gasteiger partial charge in [0.05, 0.1) is 13.5 Å². The van der Waals surface area contributed by atoms with Crippen molar-refractivity contribution in [2.24, 2.45) is 5.73 Å². The molecule has 3 N–H and O–H groups in total. The number of carbonyl (C=O) groups is 2. The third-order valence-electron chi connectivity index (χ3n) is 1.32. The summed E-state index contributed by atoms with van der Waals surface area (Å²) < 4.78 is 4.33. The first-order chi connectivity index (χ1) is 5.49. The maximum absolute atomic E-state index is 10.9. The normalized spacial score (nSPS) is 12.7. The summed E-state index contributed by atoms with van der Waals surface area (Å²) >= 11 is 0. The maximum atomic E-state index is 10.9. The van der Waals surface area contributed by atoms with Crippen LogP contribution in [0.25, 0.3) is 0 Å². The Bertz CT molecular complexity index is 180. The van der Waals surface area contributed by atoms with Gasteiger partial charge in [-0.05, 0) is 0 Å². The molecule has 6 nitrogen and oxygen atoms in total. The summed E-state index contributed by atoms with van der Waals surface area (Å²) in [6, 6.07) is -1.02. The van der Waals surface area contributed by atoms with Gasteiger partial charge in [-0.25, -0.2) is 0 Å². The molecule has 0 aromatic carbocycles. The predicted octanol–water partition coefficient (Wildman–Crippen LogP) is -1.28. The summed E-state index contributed by atoms with van der Waals surface area (Å²) in [5.74, 6) is -1.37. The summed E-state index contributed by atoms with van der Waals surface area (Å²) in [5, 5.41) is 9.48. The number of hydrogen-bond donors (Lipinski definition) is 2. The van der Waals surface area contributed by atoms with E-state index in [0.717, 1.165) is 0 Å². The molecule has 12 heavy (non-hydrogen) atoms. The number of ether oxygens (including phenoxy) is 1. The van der Waals surface area contributed by atoms with E-state index in [-0.39, 0.29) is 6.42 Å². The minimum Gasteiger partial charge on any atom is -0.468 e. The van der Waals surface area contributed by atoms with Gasteiger partial charge in [0.15, 0.2) is 0 Å². The zero-order chi connectivity index (χ0) is 9.72. The number of rotatable bonds is 4. The molecule has 1 amide bonds. The summed E-state index contributed by atoms with van der Waals surface area (Å²) in [6.07, 6.45) is -0.264. The van der Waals surface area contributed by atoms with E-state index in [2.05, 4.69) is 4.74 Å². The predicted molar refractivity (Wildman–Crippen MR) is 39.2 cm³/mol. The van der Waals surface area contributed by atoms with Gasteiger partial charge in [-0.3, -0.25) is 9.59 Å². The molecule has 0 aliphatic carbocycles. The minimum atomic E-state index is -1.02. The van der Waals surface area contributed by atoms with Crippen molar-refractivity contribution in [3.05, 3.63) is 0 Å². The largest absolute Gasteiger partial charge is 0.468 e. The van der Waals surface area contributed by atoms with E-state index in [9.17, 15) is 9.59 Å². The number of amides is 1. The third-order valence-corrected chi connectivity index (χ3v) is 1.32. The SMILES string of the molecule is COC(=O)[C@H](CC(N)=O)N(C)O. The van der Waals surface area contributed by atoms with Crippen LogP contribution < -0.4 is 5.73 Å². The minimum absolute atomic E-state index is 0.264. The molecule has 1 atom stereocenters. The van der Waals surface area contributed by atoms with E-state index in [1.165, 1.54) is 14.2 Å². The number of methoxy groups -OCH3 is 1. The quantitative estimate of drug-likeness (QED) is 0.411. The highest BCUT2D eigenvalue weighted by atomic mass is 16.5. The second kappa shape index (κ2) is 4.68. The molecule has 0 aliphatic rings. The molecule has 0 aromatic rings. The highest BCUT2D eigenvalue weighted by molar-refractivity contribution is 5.84. The lowest BCUT2D eigenvalue weighted by atomic mass is 10.2. The Labute approximate surface area is 69.8 Å². The first-order valence-electron chi connectivity index (χ1n) is 3.27. The average molecular weight is 176 g/mol. The van der Waals surface area contributed by atoms with Gasteiger partial charge in [-0.2, -0.15) is 5.06 Å². The first-order valence-corrected chi connectivity index (χ1v) is 3.27. The molecule has 0 saturated carbocycles. The fourth-order valence-electron chi connectivity index (χ4n) is 0.695. The number of carbonyl (C=O) groups excluding carboxylic acids is 2.